The van der Waals surface area contributed by atoms with Crippen molar-refractivity contribution in [3.63, 3.8) is 0 Å². The molecule has 0 aliphatic heterocycles. The van der Waals surface area contributed by atoms with E-state index in [2.05, 4.69) is 15.0 Å². The fourth-order valence-electron chi connectivity index (χ4n) is 1.26. The molecule has 0 aliphatic carbocycles. The number of hydrogen-bond acceptors (Lipinski definition) is 5. The van der Waals surface area contributed by atoms with Crippen LogP contribution in [-0.2, 0) is 6.18 Å². The van der Waals surface area contributed by atoms with Crippen molar-refractivity contribution in [2.45, 2.75) is 16.4 Å². The maximum absolute atomic E-state index is 12.6. The molecule has 9 heteroatoms. The zero-order valence-corrected chi connectivity index (χ0v) is 10.4. The van der Waals surface area contributed by atoms with Crippen LogP contribution in [0.5, 0.6) is 0 Å². The molecule has 0 saturated carbocycles. The standard InChI is InChI=1S/C11H5F3N4OS/c12-11(13,14)7-2-1-6(5-15)9(17-7)20-10-16-4-3-8(19)18-10/h1-4H,(H,16,18,19). The van der Waals surface area contributed by atoms with E-state index in [1.165, 1.54) is 6.20 Å². The molecule has 0 fully saturated rings. The second-order valence-corrected chi connectivity index (χ2v) is 4.48. The van der Waals surface area contributed by atoms with Gasteiger partial charge in [0, 0.05) is 12.3 Å². The second kappa shape index (κ2) is 5.34. The molecule has 0 radical (unpaired) electrons. The van der Waals surface area contributed by atoms with Crippen molar-refractivity contribution in [1.82, 2.24) is 15.0 Å². The summed E-state index contributed by atoms with van der Waals surface area (Å²) in [5, 5.41) is 8.75. The SMILES string of the molecule is N#Cc1ccc(C(F)(F)F)nc1Sc1nccc(=O)[nH]1. The third-order valence-corrected chi connectivity index (χ3v) is 3.02. The third kappa shape index (κ3) is 3.16. The normalized spacial score (nSPS) is 11.1. The van der Waals surface area contributed by atoms with Gasteiger partial charge >= 0.3 is 6.18 Å². The van der Waals surface area contributed by atoms with Gasteiger partial charge in [-0.15, -0.1) is 0 Å². The highest BCUT2D eigenvalue weighted by atomic mass is 32.2. The van der Waals surface area contributed by atoms with Crippen LogP contribution in [0.15, 0.2) is 39.4 Å². The molecule has 2 heterocycles. The first kappa shape index (κ1) is 14.1. The summed E-state index contributed by atoms with van der Waals surface area (Å²) < 4.78 is 37.7. The van der Waals surface area contributed by atoms with Crippen molar-refractivity contribution in [3.8, 4) is 6.07 Å². The molecular weight excluding hydrogens is 293 g/mol. The van der Waals surface area contributed by atoms with Crippen LogP contribution in [0.4, 0.5) is 13.2 Å². The van der Waals surface area contributed by atoms with Gasteiger partial charge in [0.1, 0.15) is 16.8 Å². The van der Waals surface area contributed by atoms with E-state index >= 15 is 0 Å². The highest BCUT2D eigenvalue weighted by Crippen LogP contribution is 2.32. The molecule has 102 valence electrons. The average Bonchev–Trinajstić information content (AvgIpc) is 2.37. The zero-order chi connectivity index (χ0) is 14.8. The summed E-state index contributed by atoms with van der Waals surface area (Å²) in [6.45, 7) is 0. The maximum Gasteiger partial charge on any atom is 0.433 e. The Bertz CT molecular complexity index is 735. The molecule has 2 aromatic rings. The Kier molecular flexibility index (Phi) is 3.76. The van der Waals surface area contributed by atoms with Gasteiger partial charge in [0.15, 0.2) is 5.16 Å². The molecule has 20 heavy (non-hydrogen) atoms. The van der Waals surface area contributed by atoms with Gasteiger partial charge in [-0.05, 0) is 23.9 Å². The number of nitrogens with one attached hydrogen (secondary N) is 1. The third-order valence-electron chi connectivity index (χ3n) is 2.11. The Morgan fingerprint density at radius 1 is 1.30 bits per heavy atom. The Labute approximate surface area is 114 Å². The highest BCUT2D eigenvalue weighted by molar-refractivity contribution is 7.99. The van der Waals surface area contributed by atoms with Gasteiger partial charge < -0.3 is 4.98 Å². The quantitative estimate of drug-likeness (QED) is 0.859. The van der Waals surface area contributed by atoms with E-state index in [1.807, 2.05) is 0 Å². The van der Waals surface area contributed by atoms with Crippen LogP contribution in [0.3, 0.4) is 0 Å². The number of halogens is 3. The molecule has 0 aromatic carbocycles. The fourth-order valence-corrected chi connectivity index (χ4v) is 2.07. The van der Waals surface area contributed by atoms with Gasteiger partial charge in [0.2, 0.25) is 0 Å². The number of nitriles is 1. The molecular formula is C11H5F3N4OS. The van der Waals surface area contributed by atoms with Gasteiger partial charge in [-0.25, -0.2) is 9.97 Å². The first-order chi connectivity index (χ1) is 9.40. The van der Waals surface area contributed by atoms with Crippen LogP contribution in [0.25, 0.3) is 0 Å². The van der Waals surface area contributed by atoms with E-state index in [-0.39, 0.29) is 15.7 Å². The molecule has 0 unspecified atom stereocenters. The summed E-state index contributed by atoms with van der Waals surface area (Å²) in [7, 11) is 0. The number of alkyl halides is 3. The van der Waals surface area contributed by atoms with Gasteiger partial charge in [-0.3, -0.25) is 4.79 Å². The lowest BCUT2D eigenvalue weighted by molar-refractivity contribution is -0.141. The van der Waals surface area contributed by atoms with Crippen LogP contribution < -0.4 is 5.56 Å². The van der Waals surface area contributed by atoms with Crippen LogP contribution in [0.1, 0.15) is 11.3 Å². The van der Waals surface area contributed by atoms with Crippen molar-refractivity contribution >= 4 is 11.8 Å². The maximum atomic E-state index is 12.6. The molecule has 0 bridgehead atoms. The van der Waals surface area contributed by atoms with Crippen LogP contribution in [-0.4, -0.2) is 15.0 Å². The number of aromatic amines is 1. The van der Waals surface area contributed by atoms with Crippen LogP contribution in [0, 0.1) is 11.3 Å². The van der Waals surface area contributed by atoms with Crippen molar-refractivity contribution in [3.05, 3.63) is 46.0 Å². The molecule has 2 rings (SSSR count). The second-order valence-electron chi connectivity index (χ2n) is 3.50. The van der Waals surface area contributed by atoms with Gasteiger partial charge in [0.25, 0.3) is 5.56 Å². The average molecular weight is 298 g/mol. The summed E-state index contributed by atoms with van der Waals surface area (Å²) in [4.78, 5) is 20.6. The minimum Gasteiger partial charge on any atom is -0.301 e. The Hall–Kier alpha value is -2.34. The molecule has 0 atom stereocenters. The lowest BCUT2D eigenvalue weighted by atomic mass is 10.2. The summed E-state index contributed by atoms with van der Waals surface area (Å²) in [5.41, 5.74) is -1.60. The van der Waals surface area contributed by atoms with Crippen molar-refractivity contribution < 1.29 is 13.2 Å². The first-order valence-electron chi connectivity index (χ1n) is 5.11. The Morgan fingerprint density at radius 2 is 2.05 bits per heavy atom. The van der Waals surface area contributed by atoms with Gasteiger partial charge in [0.05, 0.1) is 5.56 Å². The van der Waals surface area contributed by atoms with Crippen molar-refractivity contribution in [2.75, 3.05) is 0 Å². The van der Waals surface area contributed by atoms with Gasteiger partial charge in [-0.2, -0.15) is 18.4 Å². The first-order valence-corrected chi connectivity index (χ1v) is 5.93. The van der Waals surface area contributed by atoms with E-state index < -0.39 is 17.4 Å². The van der Waals surface area contributed by atoms with Crippen molar-refractivity contribution in [1.29, 1.82) is 5.26 Å². The van der Waals surface area contributed by atoms with E-state index in [4.69, 9.17) is 5.26 Å². The molecule has 2 aromatic heterocycles. The number of aromatic nitrogens is 3. The van der Waals surface area contributed by atoms with Crippen molar-refractivity contribution in [2.24, 2.45) is 0 Å². The summed E-state index contributed by atoms with van der Waals surface area (Å²) >= 11 is 0.683. The predicted molar refractivity (Wildman–Crippen MR) is 62.9 cm³/mol. The van der Waals surface area contributed by atoms with E-state index in [0.717, 1.165) is 18.2 Å². The molecule has 5 nitrogen and oxygen atoms in total. The van der Waals surface area contributed by atoms with Crippen LogP contribution in [0.2, 0.25) is 0 Å². The van der Waals surface area contributed by atoms with Crippen LogP contribution >= 0.6 is 11.8 Å². The lowest BCUT2D eigenvalue weighted by Crippen LogP contribution is -2.09. The molecule has 0 saturated heterocycles. The lowest BCUT2D eigenvalue weighted by Gasteiger charge is -2.08. The number of H-pyrrole nitrogens is 1. The number of pyridine rings is 1. The minimum atomic E-state index is -4.61. The van der Waals surface area contributed by atoms with E-state index in [1.54, 1.807) is 6.07 Å². The number of hydrogen-bond donors (Lipinski definition) is 1. The van der Waals surface area contributed by atoms with E-state index in [0.29, 0.717) is 11.8 Å². The molecule has 0 amide bonds. The molecule has 1 N–H and O–H groups in total. The highest BCUT2D eigenvalue weighted by Gasteiger charge is 2.33. The Morgan fingerprint density at radius 3 is 2.65 bits per heavy atom. The Balaban J connectivity index is 2.44. The topological polar surface area (TPSA) is 82.4 Å². The fraction of sp³-hybridized carbons (Fsp3) is 0.0909. The summed E-state index contributed by atoms with van der Waals surface area (Å²) in [5.74, 6) is 0. The predicted octanol–water partition coefficient (Wildman–Crippen LogP) is 2.21. The summed E-state index contributed by atoms with van der Waals surface area (Å²) in [6.07, 6.45) is -3.40. The largest absolute Gasteiger partial charge is 0.433 e. The monoisotopic (exact) mass is 298 g/mol. The smallest absolute Gasteiger partial charge is 0.301 e. The molecule has 0 spiro atoms. The van der Waals surface area contributed by atoms with Gasteiger partial charge in [-0.1, -0.05) is 0 Å². The number of rotatable bonds is 2. The molecule has 0 aliphatic rings. The zero-order valence-electron chi connectivity index (χ0n) is 9.60. The summed E-state index contributed by atoms with van der Waals surface area (Å²) in [6, 6.07) is 4.65. The number of nitrogens with zero attached hydrogens (tertiary/aromatic N) is 3. The van der Waals surface area contributed by atoms with E-state index in [9.17, 15) is 18.0 Å². The minimum absolute atomic E-state index is 0.0329.